The molecule has 0 bridgehead atoms. The minimum Gasteiger partial charge on any atom is -0.370 e. The second kappa shape index (κ2) is 5.99. The predicted octanol–water partition coefficient (Wildman–Crippen LogP) is 1.47. The third-order valence-electron chi connectivity index (χ3n) is 2.71. The number of pyridine rings is 1. The van der Waals surface area contributed by atoms with Crippen molar-refractivity contribution in [1.29, 1.82) is 0 Å². The molecule has 0 saturated heterocycles. The number of carbonyl (C=O) groups excluding carboxylic acids is 1. The fourth-order valence-corrected chi connectivity index (χ4v) is 1.66. The maximum Gasteiger partial charge on any atom is 0.270 e. The molecule has 1 amide bonds. The van der Waals surface area contributed by atoms with Gasteiger partial charge in [0.25, 0.3) is 5.91 Å². The van der Waals surface area contributed by atoms with Gasteiger partial charge in [-0.1, -0.05) is 6.07 Å². The second-order valence-corrected chi connectivity index (χ2v) is 4.14. The van der Waals surface area contributed by atoms with Gasteiger partial charge in [-0.2, -0.15) is 5.10 Å². The number of amides is 1. The molecule has 0 saturated carbocycles. The summed E-state index contributed by atoms with van der Waals surface area (Å²) in [4.78, 5) is 16.2. The highest BCUT2D eigenvalue weighted by atomic mass is 16.1. The molecule has 2 rings (SSSR count). The lowest BCUT2D eigenvalue weighted by Crippen LogP contribution is -2.24. The Morgan fingerprint density at radius 3 is 2.95 bits per heavy atom. The number of hydrogen-bond acceptors (Lipinski definition) is 4. The van der Waals surface area contributed by atoms with Crippen LogP contribution in [0.15, 0.2) is 24.4 Å². The Morgan fingerprint density at radius 1 is 1.42 bits per heavy atom. The average molecular weight is 259 g/mol. The van der Waals surface area contributed by atoms with Crippen molar-refractivity contribution in [2.24, 2.45) is 0 Å². The van der Waals surface area contributed by atoms with E-state index in [0.29, 0.717) is 18.1 Å². The van der Waals surface area contributed by atoms with Crippen LogP contribution in [0.5, 0.6) is 0 Å². The number of H-pyrrole nitrogens is 1. The van der Waals surface area contributed by atoms with Crippen molar-refractivity contribution < 1.29 is 4.79 Å². The number of rotatable bonds is 5. The smallest absolute Gasteiger partial charge is 0.270 e. The van der Waals surface area contributed by atoms with Crippen LogP contribution in [-0.2, 0) is 6.54 Å². The van der Waals surface area contributed by atoms with Gasteiger partial charge in [-0.3, -0.25) is 9.89 Å². The number of aryl methyl sites for hydroxylation is 1. The number of anilines is 1. The van der Waals surface area contributed by atoms with E-state index in [9.17, 15) is 4.79 Å². The summed E-state index contributed by atoms with van der Waals surface area (Å²) in [7, 11) is 0. The Labute approximate surface area is 111 Å². The number of hydrogen-bond donors (Lipinski definition) is 3. The largest absolute Gasteiger partial charge is 0.370 e. The SMILES string of the molecule is CCNc1cccc(C(=O)NCc2cn[nH]c2C)n1. The van der Waals surface area contributed by atoms with Gasteiger partial charge in [0, 0.05) is 24.3 Å². The van der Waals surface area contributed by atoms with Crippen LogP contribution in [0.3, 0.4) is 0 Å². The summed E-state index contributed by atoms with van der Waals surface area (Å²) in [5, 5.41) is 12.6. The molecule has 2 aromatic heterocycles. The van der Waals surface area contributed by atoms with Gasteiger partial charge in [0.2, 0.25) is 0 Å². The number of aromatic nitrogens is 3. The third-order valence-corrected chi connectivity index (χ3v) is 2.71. The van der Waals surface area contributed by atoms with Crippen LogP contribution in [0.2, 0.25) is 0 Å². The Morgan fingerprint density at radius 2 is 2.26 bits per heavy atom. The van der Waals surface area contributed by atoms with E-state index in [0.717, 1.165) is 17.8 Å². The van der Waals surface area contributed by atoms with Crippen molar-refractivity contribution in [2.45, 2.75) is 20.4 Å². The van der Waals surface area contributed by atoms with Gasteiger partial charge in [0.1, 0.15) is 11.5 Å². The quantitative estimate of drug-likeness (QED) is 0.759. The molecule has 3 N–H and O–H groups in total. The van der Waals surface area contributed by atoms with Crippen molar-refractivity contribution in [2.75, 3.05) is 11.9 Å². The molecule has 0 aliphatic rings. The van der Waals surface area contributed by atoms with Crippen LogP contribution in [0.4, 0.5) is 5.82 Å². The molecule has 0 atom stereocenters. The molecule has 0 unspecified atom stereocenters. The molecule has 0 spiro atoms. The van der Waals surface area contributed by atoms with Gasteiger partial charge in [0.05, 0.1) is 6.20 Å². The summed E-state index contributed by atoms with van der Waals surface area (Å²) < 4.78 is 0. The van der Waals surface area contributed by atoms with E-state index in [1.807, 2.05) is 26.0 Å². The van der Waals surface area contributed by atoms with Crippen LogP contribution in [0, 0.1) is 6.92 Å². The zero-order valence-electron chi connectivity index (χ0n) is 11.0. The lowest BCUT2D eigenvalue weighted by molar-refractivity contribution is 0.0946. The monoisotopic (exact) mass is 259 g/mol. The topological polar surface area (TPSA) is 82.7 Å². The predicted molar refractivity (Wildman–Crippen MR) is 72.9 cm³/mol. The maximum atomic E-state index is 12.0. The highest BCUT2D eigenvalue weighted by Crippen LogP contribution is 2.06. The number of carbonyl (C=O) groups is 1. The minimum atomic E-state index is -0.194. The van der Waals surface area contributed by atoms with Gasteiger partial charge in [0.15, 0.2) is 0 Å². The van der Waals surface area contributed by atoms with Crippen LogP contribution >= 0.6 is 0 Å². The molecule has 2 heterocycles. The van der Waals surface area contributed by atoms with E-state index in [1.54, 1.807) is 12.3 Å². The summed E-state index contributed by atoms with van der Waals surface area (Å²) in [6, 6.07) is 5.34. The van der Waals surface area contributed by atoms with Crippen molar-refractivity contribution in [3.8, 4) is 0 Å². The van der Waals surface area contributed by atoms with E-state index >= 15 is 0 Å². The van der Waals surface area contributed by atoms with E-state index in [-0.39, 0.29) is 5.91 Å². The van der Waals surface area contributed by atoms with Gasteiger partial charge in [-0.05, 0) is 26.0 Å². The molecule has 6 heteroatoms. The number of aromatic amines is 1. The lowest BCUT2D eigenvalue weighted by atomic mass is 10.2. The second-order valence-electron chi connectivity index (χ2n) is 4.14. The molecular formula is C13H17N5O. The molecule has 0 fully saturated rings. The molecule has 0 radical (unpaired) electrons. The first-order valence-electron chi connectivity index (χ1n) is 6.18. The summed E-state index contributed by atoms with van der Waals surface area (Å²) in [6.07, 6.45) is 1.71. The van der Waals surface area contributed by atoms with Crippen LogP contribution in [-0.4, -0.2) is 27.6 Å². The molecule has 19 heavy (non-hydrogen) atoms. The van der Waals surface area contributed by atoms with Crippen molar-refractivity contribution in [1.82, 2.24) is 20.5 Å². The Hall–Kier alpha value is -2.37. The summed E-state index contributed by atoms with van der Waals surface area (Å²) in [5.41, 5.74) is 2.32. The summed E-state index contributed by atoms with van der Waals surface area (Å²) in [6.45, 7) is 5.11. The Bertz CT molecular complexity index is 564. The lowest BCUT2D eigenvalue weighted by Gasteiger charge is -2.06. The molecule has 2 aromatic rings. The third kappa shape index (κ3) is 3.31. The van der Waals surface area contributed by atoms with Crippen LogP contribution < -0.4 is 10.6 Å². The van der Waals surface area contributed by atoms with Gasteiger partial charge in [-0.25, -0.2) is 4.98 Å². The molecule has 100 valence electrons. The van der Waals surface area contributed by atoms with Crippen LogP contribution in [0.25, 0.3) is 0 Å². The van der Waals surface area contributed by atoms with Gasteiger partial charge >= 0.3 is 0 Å². The fraction of sp³-hybridized carbons (Fsp3) is 0.308. The molecule has 6 nitrogen and oxygen atoms in total. The van der Waals surface area contributed by atoms with Crippen molar-refractivity contribution >= 4 is 11.7 Å². The fourth-order valence-electron chi connectivity index (χ4n) is 1.66. The van der Waals surface area contributed by atoms with E-state index in [1.165, 1.54) is 0 Å². The molecular weight excluding hydrogens is 242 g/mol. The average Bonchev–Trinajstić information content (AvgIpc) is 2.82. The first kappa shape index (κ1) is 13.1. The summed E-state index contributed by atoms with van der Waals surface area (Å²) >= 11 is 0. The van der Waals surface area contributed by atoms with E-state index < -0.39 is 0 Å². The van der Waals surface area contributed by atoms with Crippen molar-refractivity contribution in [3.63, 3.8) is 0 Å². The zero-order chi connectivity index (χ0) is 13.7. The molecule has 0 aliphatic heterocycles. The first-order valence-corrected chi connectivity index (χ1v) is 6.18. The van der Waals surface area contributed by atoms with E-state index in [4.69, 9.17) is 0 Å². The first-order chi connectivity index (χ1) is 9.20. The standard InChI is InChI=1S/C13H17N5O/c1-3-14-12-6-4-5-11(17-12)13(19)15-7-10-8-16-18-9(10)2/h4-6,8H,3,7H2,1-2H3,(H,14,17)(H,15,19)(H,16,18). The minimum absolute atomic E-state index is 0.194. The molecule has 0 aliphatic carbocycles. The molecule has 0 aromatic carbocycles. The summed E-state index contributed by atoms with van der Waals surface area (Å²) in [5.74, 6) is 0.509. The van der Waals surface area contributed by atoms with Gasteiger partial charge in [-0.15, -0.1) is 0 Å². The number of nitrogens with zero attached hydrogens (tertiary/aromatic N) is 2. The highest BCUT2D eigenvalue weighted by Gasteiger charge is 2.08. The maximum absolute atomic E-state index is 12.0. The highest BCUT2D eigenvalue weighted by molar-refractivity contribution is 5.92. The van der Waals surface area contributed by atoms with Gasteiger partial charge < -0.3 is 10.6 Å². The number of nitrogens with one attached hydrogen (secondary N) is 3. The zero-order valence-corrected chi connectivity index (χ0v) is 11.0. The Kier molecular flexibility index (Phi) is 4.12. The van der Waals surface area contributed by atoms with E-state index in [2.05, 4.69) is 25.8 Å². The Balaban J connectivity index is 2.00. The normalized spacial score (nSPS) is 10.2. The van der Waals surface area contributed by atoms with Crippen molar-refractivity contribution in [3.05, 3.63) is 41.3 Å². The van der Waals surface area contributed by atoms with Crippen LogP contribution in [0.1, 0.15) is 28.7 Å².